The Morgan fingerprint density at radius 3 is 2.29 bits per heavy atom. The molecule has 2 aliphatic heterocycles. The molecule has 0 bridgehead atoms. The zero-order valence-electron chi connectivity index (χ0n) is 11.3. The first-order valence-corrected chi connectivity index (χ1v) is 6.72. The SMILES string of the molecule is O=C1NC(=O)C2(CCN(C(=O)c3ccc(O)cc3)CC2)N1. The molecule has 4 amide bonds. The quantitative estimate of drug-likeness (QED) is 0.643. The third-order valence-corrected chi connectivity index (χ3v) is 4.03. The second-order valence-electron chi connectivity index (χ2n) is 5.33. The largest absolute Gasteiger partial charge is 0.508 e. The van der Waals surface area contributed by atoms with E-state index in [4.69, 9.17) is 0 Å². The Morgan fingerprint density at radius 1 is 1.14 bits per heavy atom. The second kappa shape index (κ2) is 4.76. The summed E-state index contributed by atoms with van der Waals surface area (Å²) in [6.07, 6.45) is 0.794. The molecule has 7 nitrogen and oxygen atoms in total. The van der Waals surface area contributed by atoms with Crippen molar-refractivity contribution in [1.82, 2.24) is 15.5 Å². The molecule has 0 saturated carbocycles. The number of carbonyl (C=O) groups excluding carboxylic acids is 3. The number of benzene rings is 1. The molecule has 110 valence electrons. The fourth-order valence-corrected chi connectivity index (χ4v) is 2.76. The Kier molecular flexibility index (Phi) is 3.04. The van der Waals surface area contributed by atoms with Crippen LogP contribution in [0.15, 0.2) is 24.3 Å². The number of hydrogen-bond acceptors (Lipinski definition) is 4. The van der Waals surface area contributed by atoms with Crippen LogP contribution in [0.3, 0.4) is 0 Å². The van der Waals surface area contributed by atoms with Crippen LogP contribution in [0.1, 0.15) is 23.2 Å². The Balaban J connectivity index is 1.68. The average Bonchev–Trinajstić information content (AvgIpc) is 2.74. The van der Waals surface area contributed by atoms with E-state index in [0.29, 0.717) is 31.5 Å². The number of hydrogen-bond donors (Lipinski definition) is 3. The topological polar surface area (TPSA) is 98.7 Å². The van der Waals surface area contributed by atoms with E-state index in [1.54, 1.807) is 17.0 Å². The predicted octanol–water partition coefficient (Wildman–Crippen LogP) is 0.206. The van der Waals surface area contributed by atoms with Crippen LogP contribution in [0.4, 0.5) is 4.79 Å². The highest BCUT2D eigenvalue weighted by Gasteiger charge is 2.48. The van der Waals surface area contributed by atoms with E-state index in [1.807, 2.05) is 0 Å². The van der Waals surface area contributed by atoms with Crippen LogP contribution in [0.5, 0.6) is 5.75 Å². The van der Waals surface area contributed by atoms with Gasteiger partial charge in [-0.3, -0.25) is 14.9 Å². The molecule has 3 N–H and O–H groups in total. The summed E-state index contributed by atoms with van der Waals surface area (Å²) in [4.78, 5) is 37.0. The van der Waals surface area contributed by atoms with Gasteiger partial charge in [0.2, 0.25) is 0 Å². The van der Waals surface area contributed by atoms with Gasteiger partial charge in [-0.25, -0.2) is 4.79 Å². The van der Waals surface area contributed by atoms with Crippen LogP contribution >= 0.6 is 0 Å². The minimum Gasteiger partial charge on any atom is -0.508 e. The van der Waals surface area contributed by atoms with Crippen LogP contribution in [0, 0.1) is 0 Å². The number of carbonyl (C=O) groups is 3. The Labute approximate surface area is 120 Å². The zero-order valence-corrected chi connectivity index (χ0v) is 11.3. The molecule has 1 aromatic rings. The number of urea groups is 1. The molecular formula is C14H15N3O4. The molecule has 2 saturated heterocycles. The van der Waals surface area contributed by atoms with Crippen molar-refractivity contribution in [2.75, 3.05) is 13.1 Å². The van der Waals surface area contributed by atoms with E-state index in [9.17, 15) is 19.5 Å². The molecule has 0 aliphatic carbocycles. The first-order valence-electron chi connectivity index (χ1n) is 6.72. The van der Waals surface area contributed by atoms with Crippen molar-refractivity contribution in [3.05, 3.63) is 29.8 Å². The summed E-state index contributed by atoms with van der Waals surface area (Å²) in [6, 6.07) is 5.57. The van der Waals surface area contributed by atoms with Crippen molar-refractivity contribution in [2.45, 2.75) is 18.4 Å². The average molecular weight is 289 g/mol. The van der Waals surface area contributed by atoms with Gasteiger partial charge in [0.15, 0.2) is 0 Å². The number of amides is 4. The molecule has 2 fully saturated rings. The normalized spacial score (nSPS) is 20.3. The van der Waals surface area contributed by atoms with Gasteiger partial charge < -0.3 is 15.3 Å². The summed E-state index contributed by atoms with van der Waals surface area (Å²) >= 11 is 0. The van der Waals surface area contributed by atoms with E-state index in [0.717, 1.165) is 0 Å². The smallest absolute Gasteiger partial charge is 0.322 e. The molecule has 3 rings (SSSR count). The highest BCUT2D eigenvalue weighted by molar-refractivity contribution is 6.07. The monoisotopic (exact) mass is 289 g/mol. The number of imide groups is 1. The molecule has 2 heterocycles. The molecule has 0 atom stereocenters. The summed E-state index contributed by atoms with van der Waals surface area (Å²) in [5, 5.41) is 14.1. The number of likely N-dealkylation sites (tertiary alicyclic amines) is 1. The van der Waals surface area contributed by atoms with Gasteiger partial charge in [0.25, 0.3) is 11.8 Å². The van der Waals surface area contributed by atoms with Crippen LogP contribution in [0.2, 0.25) is 0 Å². The van der Waals surface area contributed by atoms with Crippen molar-refractivity contribution >= 4 is 17.8 Å². The lowest BCUT2D eigenvalue weighted by molar-refractivity contribution is -0.125. The maximum atomic E-state index is 12.3. The molecular weight excluding hydrogens is 274 g/mol. The van der Waals surface area contributed by atoms with Crippen molar-refractivity contribution in [3.8, 4) is 5.75 Å². The van der Waals surface area contributed by atoms with Crippen molar-refractivity contribution < 1.29 is 19.5 Å². The zero-order chi connectivity index (χ0) is 15.0. The maximum absolute atomic E-state index is 12.3. The van der Waals surface area contributed by atoms with E-state index < -0.39 is 11.6 Å². The third kappa shape index (κ3) is 2.31. The molecule has 7 heteroatoms. The van der Waals surface area contributed by atoms with Crippen molar-refractivity contribution in [1.29, 1.82) is 0 Å². The summed E-state index contributed by atoms with van der Waals surface area (Å²) in [5.74, 6) is -0.353. The number of nitrogens with zero attached hydrogens (tertiary/aromatic N) is 1. The molecule has 0 radical (unpaired) electrons. The van der Waals surface area contributed by atoms with Crippen molar-refractivity contribution in [2.24, 2.45) is 0 Å². The van der Waals surface area contributed by atoms with E-state index in [2.05, 4.69) is 10.6 Å². The molecule has 1 spiro atoms. The molecule has 0 unspecified atom stereocenters. The van der Waals surface area contributed by atoms with Gasteiger partial charge in [-0.1, -0.05) is 0 Å². The molecule has 2 aliphatic rings. The summed E-state index contributed by atoms with van der Waals surface area (Å²) in [5.41, 5.74) is -0.383. The maximum Gasteiger partial charge on any atom is 0.322 e. The van der Waals surface area contributed by atoms with Crippen LogP contribution in [-0.2, 0) is 4.79 Å². The number of phenols is 1. The van der Waals surface area contributed by atoms with Gasteiger partial charge >= 0.3 is 6.03 Å². The number of piperidine rings is 1. The molecule has 0 aromatic heterocycles. The van der Waals surface area contributed by atoms with E-state index in [1.165, 1.54) is 12.1 Å². The fourth-order valence-electron chi connectivity index (χ4n) is 2.76. The Hall–Kier alpha value is -2.57. The second-order valence-corrected chi connectivity index (χ2v) is 5.33. The van der Waals surface area contributed by atoms with Gasteiger partial charge in [-0.05, 0) is 37.1 Å². The Bertz CT molecular complexity index is 603. The van der Waals surface area contributed by atoms with Crippen LogP contribution < -0.4 is 10.6 Å². The lowest BCUT2D eigenvalue weighted by atomic mass is 9.87. The fraction of sp³-hybridized carbons (Fsp3) is 0.357. The van der Waals surface area contributed by atoms with Gasteiger partial charge in [-0.15, -0.1) is 0 Å². The highest BCUT2D eigenvalue weighted by atomic mass is 16.3. The molecule has 21 heavy (non-hydrogen) atoms. The van der Waals surface area contributed by atoms with E-state index in [-0.39, 0.29) is 17.6 Å². The highest BCUT2D eigenvalue weighted by Crippen LogP contribution is 2.26. The lowest BCUT2D eigenvalue weighted by Gasteiger charge is -2.37. The van der Waals surface area contributed by atoms with Gasteiger partial charge in [-0.2, -0.15) is 0 Å². The number of rotatable bonds is 1. The summed E-state index contributed by atoms with van der Waals surface area (Å²) < 4.78 is 0. The molecule has 1 aromatic carbocycles. The predicted molar refractivity (Wildman–Crippen MR) is 72.6 cm³/mol. The van der Waals surface area contributed by atoms with Gasteiger partial charge in [0, 0.05) is 18.7 Å². The number of aromatic hydroxyl groups is 1. The number of phenolic OH excluding ortho intramolecular Hbond substituents is 1. The lowest BCUT2D eigenvalue weighted by Crippen LogP contribution is -2.55. The van der Waals surface area contributed by atoms with E-state index >= 15 is 0 Å². The Morgan fingerprint density at radius 2 is 1.76 bits per heavy atom. The van der Waals surface area contributed by atoms with Crippen molar-refractivity contribution in [3.63, 3.8) is 0 Å². The van der Waals surface area contributed by atoms with Crippen LogP contribution in [-0.4, -0.2) is 46.5 Å². The third-order valence-electron chi connectivity index (χ3n) is 4.03. The summed E-state index contributed by atoms with van der Waals surface area (Å²) in [6.45, 7) is 0.792. The standard InChI is InChI=1S/C14H15N3O4/c18-10-3-1-9(2-4-10)11(19)17-7-5-14(6-8-17)12(20)15-13(21)16-14/h1-4,18H,5-8H2,(H2,15,16,20,21). The van der Waals surface area contributed by atoms with Gasteiger partial charge in [0.1, 0.15) is 11.3 Å². The summed E-state index contributed by atoms with van der Waals surface area (Å²) in [7, 11) is 0. The minimum absolute atomic E-state index is 0.106. The minimum atomic E-state index is -0.872. The van der Waals surface area contributed by atoms with Crippen LogP contribution in [0.25, 0.3) is 0 Å². The first-order chi connectivity index (χ1) is 10.00. The number of nitrogens with one attached hydrogen (secondary N) is 2. The van der Waals surface area contributed by atoms with Gasteiger partial charge in [0.05, 0.1) is 0 Å². The first kappa shape index (κ1) is 13.4.